The Balaban J connectivity index is 1.67. The van der Waals surface area contributed by atoms with Crippen LogP contribution in [0, 0.1) is 0 Å². The lowest BCUT2D eigenvalue weighted by Crippen LogP contribution is -2.46. The molecule has 2 aromatic rings. The van der Waals surface area contributed by atoms with Crippen LogP contribution in [0.5, 0.6) is 0 Å². The summed E-state index contributed by atoms with van der Waals surface area (Å²) >= 11 is 6.05. The van der Waals surface area contributed by atoms with Crippen LogP contribution in [0.3, 0.4) is 0 Å². The van der Waals surface area contributed by atoms with Gasteiger partial charge < -0.3 is 14.9 Å². The monoisotopic (exact) mass is 303 g/mol. The second-order valence-electron chi connectivity index (χ2n) is 5.13. The first-order valence-electron chi connectivity index (χ1n) is 7.07. The van der Waals surface area contributed by atoms with Gasteiger partial charge in [0.2, 0.25) is 0 Å². The molecule has 0 spiro atoms. The summed E-state index contributed by atoms with van der Waals surface area (Å²) < 4.78 is 0. The SMILES string of the molecule is OCc1ccnc(N2CCN(c3cccc(Cl)c3)CC2)c1. The molecule has 1 aromatic carbocycles. The zero-order valence-electron chi connectivity index (χ0n) is 11.7. The molecule has 1 aliphatic rings. The molecule has 1 fully saturated rings. The number of aliphatic hydroxyl groups is 1. The van der Waals surface area contributed by atoms with Gasteiger partial charge in [-0.15, -0.1) is 0 Å². The molecule has 0 atom stereocenters. The number of pyridine rings is 1. The van der Waals surface area contributed by atoms with Gasteiger partial charge in [0.05, 0.1) is 6.61 Å². The van der Waals surface area contributed by atoms with E-state index in [4.69, 9.17) is 11.6 Å². The van der Waals surface area contributed by atoms with Gasteiger partial charge in [-0.2, -0.15) is 0 Å². The predicted molar refractivity (Wildman–Crippen MR) is 86.0 cm³/mol. The molecule has 0 unspecified atom stereocenters. The van der Waals surface area contributed by atoms with E-state index in [1.165, 1.54) is 5.69 Å². The van der Waals surface area contributed by atoms with Crippen molar-refractivity contribution in [2.75, 3.05) is 36.0 Å². The van der Waals surface area contributed by atoms with Crippen molar-refractivity contribution in [3.8, 4) is 0 Å². The van der Waals surface area contributed by atoms with Gasteiger partial charge in [-0.3, -0.25) is 0 Å². The zero-order valence-corrected chi connectivity index (χ0v) is 12.5. The van der Waals surface area contributed by atoms with Crippen molar-refractivity contribution in [3.63, 3.8) is 0 Å². The smallest absolute Gasteiger partial charge is 0.128 e. The molecule has 0 amide bonds. The van der Waals surface area contributed by atoms with Crippen LogP contribution in [0.25, 0.3) is 0 Å². The average molecular weight is 304 g/mol. The highest BCUT2D eigenvalue weighted by Gasteiger charge is 2.18. The number of aliphatic hydroxyl groups excluding tert-OH is 1. The molecule has 21 heavy (non-hydrogen) atoms. The van der Waals surface area contributed by atoms with Crippen LogP contribution in [0.15, 0.2) is 42.6 Å². The fourth-order valence-corrected chi connectivity index (χ4v) is 2.78. The summed E-state index contributed by atoms with van der Waals surface area (Å²) in [4.78, 5) is 8.98. The Morgan fingerprint density at radius 3 is 2.52 bits per heavy atom. The molecule has 0 bridgehead atoms. The number of hydrogen-bond donors (Lipinski definition) is 1. The van der Waals surface area contributed by atoms with Crippen molar-refractivity contribution in [1.82, 2.24) is 4.98 Å². The summed E-state index contributed by atoms with van der Waals surface area (Å²) in [5.74, 6) is 0.937. The van der Waals surface area contributed by atoms with Crippen LogP contribution in [-0.4, -0.2) is 36.3 Å². The normalized spacial score (nSPS) is 15.3. The first kappa shape index (κ1) is 14.2. The zero-order chi connectivity index (χ0) is 14.7. The number of benzene rings is 1. The average Bonchev–Trinajstić information content (AvgIpc) is 2.55. The van der Waals surface area contributed by atoms with E-state index in [0.717, 1.165) is 42.6 Å². The minimum atomic E-state index is 0.0536. The fourth-order valence-electron chi connectivity index (χ4n) is 2.60. The first-order valence-corrected chi connectivity index (χ1v) is 7.45. The molecular weight excluding hydrogens is 286 g/mol. The van der Waals surface area contributed by atoms with Crippen molar-refractivity contribution >= 4 is 23.1 Å². The van der Waals surface area contributed by atoms with E-state index in [1.54, 1.807) is 6.20 Å². The van der Waals surface area contributed by atoms with E-state index in [2.05, 4.69) is 20.9 Å². The van der Waals surface area contributed by atoms with Gasteiger partial charge in [0.25, 0.3) is 0 Å². The van der Waals surface area contributed by atoms with Gasteiger partial charge in [-0.1, -0.05) is 17.7 Å². The first-order chi connectivity index (χ1) is 10.3. The summed E-state index contributed by atoms with van der Waals surface area (Å²) in [6.45, 7) is 3.75. The van der Waals surface area contributed by atoms with Crippen molar-refractivity contribution in [1.29, 1.82) is 0 Å². The third-order valence-electron chi connectivity index (χ3n) is 3.77. The maximum atomic E-state index is 9.21. The van der Waals surface area contributed by atoms with Gasteiger partial charge in [-0.25, -0.2) is 4.98 Å². The lowest BCUT2D eigenvalue weighted by Gasteiger charge is -2.36. The summed E-state index contributed by atoms with van der Waals surface area (Å²) in [5.41, 5.74) is 2.07. The number of anilines is 2. The van der Waals surface area contributed by atoms with E-state index < -0.39 is 0 Å². The van der Waals surface area contributed by atoms with E-state index in [-0.39, 0.29) is 6.61 Å². The Morgan fingerprint density at radius 2 is 1.81 bits per heavy atom. The van der Waals surface area contributed by atoms with Crippen molar-refractivity contribution in [2.45, 2.75) is 6.61 Å². The maximum Gasteiger partial charge on any atom is 0.128 e. The van der Waals surface area contributed by atoms with Crippen LogP contribution in [0.2, 0.25) is 5.02 Å². The number of hydrogen-bond acceptors (Lipinski definition) is 4. The van der Waals surface area contributed by atoms with Crippen LogP contribution in [0.1, 0.15) is 5.56 Å². The van der Waals surface area contributed by atoms with Gasteiger partial charge >= 0.3 is 0 Å². The topological polar surface area (TPSA) is 39.6 Å². The highest BCUT2D eigenvalue weighted by Crippen LogP contribution is 2.22. The largest absolute Gasteiger partial charge is 0.392 e. The van der Waals surface area contributed by atoms with Crippen molar-refractivity contribution < 1.29 is 5.11 Å². The van der Waals surface area contributed by atoms with E-state index in [9.17, 15) is 5.11 Å². The number of aromatic nitrogens is 1. The fraction of sp³-hybridized carbons (Fsp3) is 0.312. The number of halogens is 1. The quantitative estimate of drug-likeness (QED) is 0.946. The molecule has 1 aromatic heterocycles. The van der Waals surface area contributed by atoms with Crippen LogP contribution in [-0.2, 0) is 6.61 Å². The number of nitrogens with zero attached hydrogens (tertiary/aromatic N) is 3. The predicted octanol–water partition coefficient (Wildman–Crippen LogP) is 2.55. The molecule has 0 aliphatic carbocycles. The van der Waals surface area contributed by atoms with Crippen LogP contribution < -0.4 is 9.80 Å². The molecule has 1 N–H and O–H groups in total. The van der Waals surface area contributed by atoms with E-state index in [0.29, 0.717) is 0 Å². The van der Waals surface area contributed by atoms with Crippen molar-refractivity contribution in [3.05, 3.63) is 53.2 Å². The minimum Gasteiger partial charge on any atom is -0.392 e. The maximum absolute atomic E-state index is 9.21. The molecule has 0 saturated carbocycles. The molecular formula is C16H18ClN3O. The lowest BCUT2D eigenvalue weighted by molar-refractivity contribution is 0.281. The highest BCUT2D eigenvalue weighted by atomic mass is 35.5. The Bertz CT molecular complexity index is 612. The molecule has 3 rings (SSSR count). The van der Waals surface area contributed by atoms with Gasteiger partial charge in [0, 0.05) is 43.1 Å². The van der Waals surface area contributed by atoms with E-state index >= 15 is 0 Å². The lowest BCUT2D eigenvalue weighted by atomic mass is 10.2. The summed E-state index contributed by atoms with van der Waals surface area (Å²) in [5, 5.41) is 9.98. The van der Waals surface area contributed by atoms with Crippen LogP contribution in [0.4, 0.5) is 11.5 Å². The van der Waals surface area contributed by atoms with Crippen LogP contribution >= 0.6 is 11.6 Å². The molecule has 5 heteroatoms. The second kappa shape index (κ2) is 6.33. The second-order valence-corrected chi connectivity index (χ2v) is 5.57. The third-order valence-corrected chi connectivity index (χ3v) is 4.00. The Hall–Kier alpha value is -1.78. The molecule has 110 valence electrons. The Kier molecular flexibility index (Phi) is 4.27. The van der Waals surface area contributed by atoms with Gasteiger partial charge in [-0.05, 0) is 35.9 Å². The Labute approximate surface area is 129 Å². The van der Waals surface area contributed by atoms with Gasteiger partial charge in [0.15, 0.2) is 0 Å². The molecule has 0 radical (unpaired) electrons. The highest BCUT2D eigenvalue weighted by molar-refractivity contribution is 6.30. The Morgan fingerprint density at radius 1 is 1.05 bits per heavy atom. The molecule has 1 aliphatic heterocycles. The van der Waals surface area contributed by atoms with Gasteiger partial charge in [0.1, 0.15) is 5.82 Å². The third kappa shape index (κ3) is 3.28. The molecule has 1 saturated heterocycles. The number of piperazine rings is 1. The summed E-state index contributed by atoms with van der Waals surface area (Å²) in [6.07, 6.45) is 1.75. The van der Waals surface area contributed by atoms with E-state index in [1.807, 2.05) is 30.3 Å². The molecule has 2 heterocycles. The minimum absolute atomic E-state index is 0.0536. The standard InChI is InChI=1S/C16H18ClN3O/c17-14-2-1-3-15(11-14)19-6-8-20(9-7-19)16-10-13(12-21)4-5-18-16/h1-5,10-11,21H,6-9,12H2. The van der Waals surface area contributed by atoms with Crippen molar-refractivity contribution in [2.24, 2.45) is 0 Å². The summed E-state index contributed by atoms with van der Waals surface area (Å²) in [6, 6.07) is 11.8. The molecule has 4 nitrogen and oxygen atoms in total. The number of rotatable bonds is 3. The summed E-state index contributed by atoms with van der Waals surface area (Å²) in [7, 11) is 0.